The number of nitrogens with one attached hydrogen (secondary N) is 1. The smallest absolute Gasteiger partial charge is 0.266 e. The average Bonchev–Trinajstić information content (AvgIpc) is 3.43. The van der Waals surface area contributed by atoms with E-state index in [-0.39, 0.29) is 11.9 Å². The zero-order valence-corrected chi connectivity index (χ0v) is 16.5. The number of hydrogen-bond donors (Lipinski definition) is 1. The molecule has 0 radical (unpaired) electrons. The van der Waals surface area contributed by atoms with Crippen LogP contribution in [0.1, 0.15) is 23.2 Å². The molecule has 0 unspecified atom stereocenters. The quantitative estimate of drug-likeness (QED) is 0.558. The first-order valence-electron chi connectivity index (χ1n) is 9.90. The minimum absolute atomic E-state index is 0.0629. The zero-order valence-electron chi connectivity index (χ0n) is 16.5. The van der Waals surface area contributed by atoms with Gasteiger partial charge in [0.15, 0.2) is 0 Å². The summed E-state index contributed by atoms with van der Waals surface area (Å²) in [6.45, 7) is 1.58. The average molecular weight is 403 g/mol. The Balaban J connectivity index is 1.22. The fourth-order valence-corrected chi connectivity index (χ4v) is 3.80. The second-order valence-electron chi connectivity index (χ2n) is 7.38. The number of aryl methyl sites for hydroxylation is 1. The van der Waals surface area contributed by atoms with E-state index in [1.165, 1.54) is 4.80 Å². The number of pyridine rings is 1. The topological polar surface area (TPSA) is 102 Å². The Morgan fingerprint density at radius 3 is 2.67 bits per heavy atom. The molecule has 0 spiro atoms. The highest BCUT2D eigenvalue weighted by atomic mass is 16.3. The number of fused-ring (bicyclic) bond motifs is 1. The molecule has 30 heavy (non-hydrogen) atoms. The van der Waals surface area contributed by atoms with E-state index in [0.717, 1.165) is 48.2 Å². The van der Waals surface area contributed by atoms with Crippen LogP contribution in [0.25, 0.3) is 22.2 Å². The fraction of sp³-hybridized carbons (Fsp3) is 0.286. The van der Waals surface area contributed by atoms with Crippen LogP contribution < -0.4 is 10.2 Å². The summed E-state index contributed by atoms with van der Waals surface area (Å²) in [6.07, 6.45) is 5.07. The second kappa shape index (κ2) is 7.58. The van der Waals surface area contributed by atoms with Crippen LogP contribution in [0.5, 0.6) is 0 Å². The van der Waals surface area contributed by atoms with Crippen molar-refractivity contribution >= 4 is 22.8 Å². The highest BCUT2D eigenvalue weighted by Gasteiger charge is 2.23. The monoisotopic (exact) mass is 403 g/mol. The first-order chi connectivity index (χ1) is 14.7. The summed E-state index contributed by atoms with van der Waals surface area (Å²) in [5, 5.41) is 16.3. The molecule has 5 rings (SSSR count). The van der Waals surface area contributed by atoms with Gasteiger partial charge < -0.3 is 14.6 Å². The van der Waals surface area contributed by atoms with Crippen molar-refractivity contribution in [3.05, 3.63) is 54.4 Å². The first kappa shape index (κ1) is 18.3. The number of tetrazole rings is 1. The summed E-state index contributed by atoms with van der Waals surface area (Å²) >= 11 is 0. The number of nitrogens with zero attached hydrogens (tertiary/aromatic N) is 6. The van der Waals surface area contributed by atoms with Crippen LogP contribution in [0.2, 0.25) is 0 Å². The molecule has 0 bridgehead atoms. The maximum atomic E-state index is 12.7. The highest BCUT2D eigenvalue weighted by molar-refractivity contribution is 5.96. The summed E-state index contributed by atoms with van der Waals surface area (Å²) in [4.78, 5) is 20.7. The molecule has 152 valence electrons. The molecular formula is C21H21N7O2. The Hall–Kier alpha value is -3.75. The van der Waals surface area contributed by atoms with Crippen LogP contribution in [0.4, 0.5) is 5.95 Å². The van der Waals surface area contributed by atoms with E-state index in [2.05, 4.69) is 30.6 Å². The Bertz CT molecular complexity index is 1170. The summed E-state index contributed by atoms with van der Waals surface area (Å²) in [7, 11) is 1.75. The number of furan rings is 1. The van der Waals surface area contributed by atoms with Crippen LogP contribution in [0.3, 0.4) is 0 Å². The van der Waals surface area contributed by atoms with Gasteiger partial charge in [0, 0.05) is 41.8 Å². The summed E-state index contributed by atoms with van der Waals surface area (Å²) in [5.41, 5.74) is 3.22. The number of benzene rings is 1. The molecule has 0 saturated carbocycles. The van der Waals surface area contributed by atoms with Crippen molar-refractivity contribution in [2.24, 2.45) is 7.05 Å². The lowest BCUT2D eigenvalue weighted by atomic mass is 10.0. The van der Waals surface area contributed by atoms with Gasteiger partial charge in [-0.1, -0.05) is 17.2 Å². The molecule has 1 amide bonds. The normalized spacial score (nSPS) is 14.9. The largest absolute Gasteiger partial charge is 0.464 e. The fourth-order valence-electron chi connectivity index (χ4n) is 3.80. The van der Waals surface area contributed by atoms with E-state index in [0.29, 0.717) is 11.5 Å². The molecule has 1 aliphatic rings. The highest BCUT2D eigenvalue weighted by Crippen LogP contribution is 2.27. The standard InChI is InChI=1S/C21H21N7O2/c1-27-25-21(24-26-27)28-11-7-16(8-12-28)23-20(29)15-4-2-14(3-5-15)19-17-9-13-30-18(17)6-10-22-19/h2-6,9-10,13,16H,7-8,11-12H2,1H3,(H,23,29). The molecule has 0 aliphatic carbocycles. The van der Waals surface area contributed by atoms with Crippen molar-refractivity contribution in [1.29, 1.82) is 0 Å². The number of rotatable bonds is 4. The number of aromatic nitrogens is 5. The molecule has 1 aliphatic heterocycles. The maximum absolute atomic E-state index is 12.7. The Labute approximate surface area is 172 Å². The van der Waals surface area contributed by atoms with E-state index in [1.807, 2.05) is 36.4 Å². The molecule has 9 nitrogen and oxygen atoms in total. The molecule has 1 saturated heterocycles. The van der Waals surface area contributed by atoms with Crippen LogP contribution in [0, 0.1) is 0 Å². The molecule has 4 heterocycles. The molecule has 9 heteroatoms. The van der Waals surface area contributed by atoms with Crippen LogP contribution in [0.15, 0.2) is 53.3 Å². The number of anilines is 1. The van der Waals surface area contributed by atoms with Gasteiger partial charge in [0.2, 0.25) is 0 Å². The first-order valence-corrected chi connectivity index (χ1v) is 9.90. The lowest BCUT2D eigenvalue weighted by molar-refractivity contribution is 0.0931. The molecule has 1 aromatic carbocycles. The predicted molar refractivity (Wildman–Crippen MR) is 111 cm³/mol. The van der Waals surface area contributed by atoms with Gasteiger partial charge in [0.25, 0.3) is 11.9 Å². The van der Waals surface area contributed by atoms with Crippen LogP contribution in [-0.4, -0.2) is 50.2 Å². The molecule has 1 N–H and O–H groups in total. The lowest BCUT2D eigenvalue weighted by Crippen LogP contribution is -2.45. The number of carbonyl (C=O) groups is 1. The van der Waals surface area contributed by atoms with Crippen molar-refractivity contribution in [1.82, 2.24) is 30.5 Å². The minimum atomic E-state index is -0.0629. The maximum Gasteiger partial charge on any atom is 0.266 e. The zero-order chi connectivity index (χ0) is 20.5. The Kier molecular flexibility index (Phi) is 4.62. The summed E-state index contributed by atoms with van der Waals surface area (Å²) in [5.74, 6) is 0.575. The molecule has 1 fully saturated rings. The van der Waals surface area contributed by atoms with Crippen LogP contribution in [-0.2, 0) is 7.05 Å². The van der Waals surface area contributed by atoms with Crippen molar-refractivity contribution in [2.45, 2.75) is 18.9 Å². The van der Waals surface area contributed by atoms with Crippen molar-refractivity contribution in [3.63, 3.8) is 0 Å². The van der Waals surface area contributed by atoms with Gasteiger partial charge in [-0.2, -0.15) is 4.80 Å². The van der Waals surface area contributed by atoms with Crippen LogP contribution >= 0.6 is 0 Å². The summed E-state index contributed by atoms with van der Waals surface area (Å²) < 4.78 is 5.44. The minimum Gasteiger partial charge on any atom is -0.464 e. The van der Waals surface area contributed by atoms with E-state index >= 15 is 0 Å². The number of hydrogen-bond acceptors (Lipinski definition) is 7. The van der Waals surface area contributed by atoms with E-state index in [4.69, 9.17) is 4.42 Å². The van der Waals surface area contributed by atoms with Gasteiger partial charge in [-0.25, -0.2) is 0 Å². The SMILES string of the molecule is Cn1nnc(N2CCC(NC(=O)c3ccc(-c4nccc5occc45)cc3)CC2)n1. The second-order valence-corrected chi connectivity index (χ2v) is 7.38. The Morgan fingerprint density at radius 1 is 1.13 bits per heavy atom. The number of carbonyl (C=O) groups excluding carboxylic acids is 1. The van der Waals surface area contributed by atoms with Crippen molar-refractivity contribution in [2.75, 3.05) is 18.0 Å². The number of piperidine rings is 1. The van der Waals surface area contributed by atoms with Gasteiger partial charge in [0.1, 0.15) is 5.58 Å². The molecular weight excluding hydrogens is 382 g/mol. The lowest BCUT2D eigenvalue weighted by Gasteiger charge is -2.31. The van der Waals surface area contributed by atoms with Gasteiger partial charge in [-0.3, -0.25) is 9.78 Å². The van der Waals surface area contributed by atoms with Crippen molar-refractivity contribution < 1.29 is 9.21 Å². The summed E-state index contributed by atoms with van der Waals surface area (Å²) in [6, 6.07) is 11.4. The molecule has 3 aromatic heterocycles. The van der Waals surface area contributed by atoms with Gasteiger partial charge in [0.05, 0.1) is 19.0 Å². The molecule has 4 aromatic rings. The third-order valence-corrected chi connectivity index (χ3v) is 5.41. The van der Waals surface area contributed by atoms with E-state index in [9.17, 15) is 4.79 Å². The third kappa shape index (κ3) is 3.49. The van der Waals surface area contributed by atoms with E-state index in [1.54, 1.807) is 19.5 Å². The third-order valence-electron chi connectivity index (χ3n) is 5.41. The van der Waals surface area contributed by atoms with Gasteiger partial charge in [-0.15, -0.1) is 5.10 Å². The Morgan fingerprint density at radius 2 is 1.93 bits per heavy atom. The van der Waals surface area contributed by atoms with E-state index < -0.39 is 0 Å². The number of amides is 1. The molecule has 0 atom stereocenters. The van der Waals surface area contributed by atoms with Gasteiger partial charge >= 0.3 is 0 Å². The van der Waals surface area contributed by atoms with Gasteiger partial charge in [-0.05, 0) is 42.3 Å². The predicted octanol–water partition coefficient (Wildman–Crippen LogP) is 2.42. The van der Waals surface area contributed by atoms with Crippen molar-refractivity contribution in [3.8, 4) is 11.3 Å².